The molecular formula is C22H28N2O3. The fourth-order valence-electron chi connectivity index (χ4n) is 3.21. The SMILES string of the molecule is CC(C)[C@@H](NC(=O)N[C@H](C)c1ccccc1)c1ccc2c(c1)OCCCO2. The molecule has 5 nitrogen and oxygen atoms in total. The van der Waals surface area contributed by atoms with Gasteiger partial charge >= 0.3 is 6.03 Å². The lowest BCUT2D eigenvalue weighted by molar-refractivity contribution is 0.230. The molecule has 0 saturated heterocycles. The summed E-state index contributed by atoms with van der Waals surface area (Å²) >= 11 is 0. The van der Waals surface area contributed by atoms with Crippen molar-refractivity contribution >= 4 is 6.03 Å². The van der Waals surface area contributed by atoms with Crippen LogP contribution in [0.4, 0.5) is 4.79 Å². The van der Waals surface area contributed by atoms with Gasteiger partial charge in [0.05, 0.1) is 25.3 Å². The third-order valence-corrected chi connectivity index (χ3v) is 4.73. The van der Waals surface area contributed by atoms with Gasteiger partial charge in [-0.2, -0.15) is 0 Å². The first-order valence-electron chi connectivity index (χ1n) is 9.56. The minimum absolute atomic E-state index is 0.0669. The summed E-state index contributed by atoms with van der Waals surface area (Å²) in [6, 6.07) is 15.5. The Morgan fingerprint density at radius 1 is 0.889 bits per heavy atom. The summed E-state index contributed by atoms with van der Waals surface area (Å²) in [5.41, 5.74) is 2.08. The van der Waals surface area contributed by atoms with Crippen LogP contribution in [0.3, 0.4) is 0 Å². The van der Waals surface area contributed by atoms with Gasteiger partial charge in [-0.15, -0.1) is 0 Å². The summed E-state index contributed by atoms with van der Waals surface area (Å²) in [6.07, 6.45) is 0.871. The van der Waals surface area contributed by atoms with Gasteiger partial charge in [-0.05, 0) is 36.1 Å². The van der Waals surface area contributed by atoms with Crippen molar-refractivity contribution in [3.05, 3.63) is 59.7 Å². The van der Waals surface area contributed by atoms with Gasteiger partial charge in [0.2, 0.25) is 0 Å². The molecule has 144 valence electrons. The van der Waals surface area contributed by atoms with Crippen LogP contribution in [0.5, 0.6) is 11.5 Å². The third kappa shape index (κ3) is 4.94. The highest BCUT2D eigenvalue weighted by Gasteiger charge is 2.22. The molecule has 0 unspecified atom stereocenters. The second kappa shape index (κ2) is 8.80. The number of amides is 2. The Balaban J connectivity index is 1.70. The molecule has 0 fully saturated rings. The summed E-state index contributed by atoms with van der Waals surface area (Å²) in [7, 11) is 0. The molecule has 1 aliphatic rings. The predicted molar refractivity (Wildman–Crippen MR) is 106 cm³/mol. The molecule has 2 atom stereocenters. The van der Waals surface area contributed by atoms with E-state index in [4.69, 9.17) is 9.47 Å². The van der Waals surface area contributed by atoms with E-state index >= 15 is 0 Å². The van der Waals surface area contributed by atoms with Gasteiger partial charge in [0.25, 0.3) is 0 Å². The molecule has 27 heavy (non-hydrogen) atoms. The normalized spacial score (nSPS) is 15.6. The van der Waals surface area contributed by atoms with Crippen molar-refractivity contribution in [2.24, 2.45) is 5.92 Å². The Morgan fingerprint density at radius 3 is 2.30 bits per heavy atom. The molecule has 2 aromatic carbocycles. The topological polar surface area (TPSA) is 59.6 Å². The number of ether oxygens (including phenoxy) is 2. The summed E-state index contributed by atoms with van der Waals surface area (Å²) in [6.45, 7) is 7.47. The summed E-state index contributed by atoms with van der Waals surface area (Å²) in [4.78, 5) is 12.6. The first-order chi connectivity index (χ1) is 13.0. The lowest BCUT2D eigenvalue weighted by Gasteiger charge is -2.25. The average Bonchev–Trinajstić information content (AvgIpc) is 2.91. The molecule has 0 aliphatic carbocycles. The van der Waals surface area contributed by atoms with Crippen LogP contribution in [-0.4, -0.2) is 19.2 Å². The van der Waals surface area contributed by atoms with Crippen molar-refractivity contribution in [2.75, 3.05) is 13.2 Å². The number of carbonyl (C=O) groups excluding carboxylic acids is 1. The van der Waals surface area contributed by atoms with Crippen LogP contribution in [-0.2, 0) is 0 Å². The molecule has 2 N–H and O–H groups in total. The molecule has 0 saturated carbocycles. The number of rotatable bonds is 5. The number of carbonyl (C=O) groups is 1. The van der Waals surface area contributed by atoms with Crippen molar-refractivity contribution in [3.8, 4) is 11.5 Å². The zero-order valence-electron chi connectivity index (χ0n) is 16.2. The van der Waals surface area contributed by atoms with E-state index in [1.165, 1.54) is 0 Å². The summed E-state index contributed by atoms with van der Waals surface area (Å²) in [5.74, 6) is 1.74. The quantitative estimate of drug-likeness (QED) is 0.810. The highest BCUT2D eigenvalue weighted by Crippen LogP contribution is 2.34. The summed E-state index contributed by atoms with van der Waals surface area (Å²) in [5, 5.41) is 6.13. The lowest BCUT2D eigenvalue weighted by Crippen LogP contribution is -2.40. The number of hydrogen-bond donors (Lipinski definition) is 2. The van der Waals surface area contributed by atoms with Crippen molar-refractivity contribution < 1.29 is 14.3 Å². The van der Waals surface area contributed by atoms with Crippen LogP contribution in [0.1, 0.15) is 50.4 Å². The Morgan fingerprint density at radius 2 is 1.59 bits per heavy atom. The number of urea groups is 1. The number of hydrogen-bond acceptors (Lipinski definition) is 3. The Labute approximate surface area is 161 Å². The Hall–Kier alpha value is -2.69. The molecule has 1 aliphatic heterocycles. The van der Waals surface area contributed by atoms with Crippen LogP contribution in [0.25, 0.3) is 0 Å². The van der Waals surface area contributed by atoms with E-state index in [1.807, 2.05) is 55.5 Å². The third-order valence-electron chi connectivity index (χ3n) is 4.73. The molecule has 1 heterocycles. The van der Waals surface area contributed by atoms with Crippen molar-refractivity contribution in [1.82, 2.24) is 10.6 Å². The zero-order valence-corrected chi connectivity index (χ0v) is 16.2. The fraction of sp³-hybridized carbons (Fsp3) is 0.409. The van der Waals surface area contributed by atoms with Crippen molar-refractivity contribution in [1.29, 1.82) is 0 Å². The van der Waals surface area contributed by atoms with Gasteiger partial charge in [0, 0.05) is 6.42 Å². The molecule has 0 spiro atoms. The van der Waals surface area contributed by atoms with Crippen LogP contribution >= 0.6 is 0 Å². The van der Waals surface area contributed by atoms with Crippen molar-refractivity contribution in [2.45, 2.75) is 39.3 Å². The highest BCUT2D eigenvalue weighted by atomic mass is 16.5. The van der Waals surface area contributed by atoms with Crippen LogP contribution < -0.4 is 20.1 Å². The molecule has 3 rings (SSSR count). The van der Waals surface area contributed by atoms with E-state index < -0.39 is 0 Å². The van der Waals surface area contributed by atoms with E-state index in [0.29, 0.717) is 13.2 Å². The molecule has 0 bridgehead atoms. The zero-order chi connectivity index (χ0) is 19.2. The molecule has 2 amide bonds. The maximum Gasteiger partial charge on any atom is 0.315 e. The van der Waals surface area contributed by atoms with E-state index in [2.05, 4.69) is 24.5 Å². The van der Waals surface area contributed by atoms with E-state index in [1.54, 1.807) is 0 Å². The standard InChI is InChI=1S/C22H28N2O3/c1-15(2)21(18-10-11-19-20(14-18)27-13-7-12-26-19)24-22(25)23-16(3)17-8-5-4-6-9-17/h4-6,8-11,14-16,21H,7,12-13H2,1-3H3,(H2,23,24,25)/t16-,21-/m1/s1. The van der Waals surface area contributed by atoms with E-state index in [-0.39, 0.29) is 24.0 Å². The minimum Gasteiger partial charge on any atom is -0.490 e. The molecule has 2 aromatic rings. The smallest absolute Gasteiger partial charge is 0.315 e. The van der Waals surface area contributed by atoms with Gasteiger partial charge < -0.3 is 20.1 Å². The first kappa shape index (κ1) is 19.1. The van der Waals surface area contributed by atoms with E-state index in [0.717, 1.165) is 29.0 Å². The van der Waals surface area contributed by atoms with Gasteiger partial charge in [0.15, 0.2) is 11.5 Å². The van der Waals surface area contributed by atoms with Crippen molar-refractivity contribution in [3.63, 3.8) is 0 Å². The first-order valence-corrected chi connectivity index (χ1v) is 9.56. The molecular weight excluding hydrogens is 340 g/mol. The second-order valence-electron chi connectivity index (χ2n) is 7.23. The Kier molecular flexibility index (Phi) is 6.22. The van der Waals surface area contributed by atoms with Gasteiger partial charge in [-0.25, -0.2) is 4.79 Å². The van der Waals surface area contributed by atoms with Gasteiger partial charge in [0.1, 0.15) is 0 Å². The molecule has 0 aromatic heterocycles. The monoisotopic (exact) mass is 368 g/mol. The molecule has 0 radical (unpaired) electrons. The molecule has 5 heteroatoms. The summed E-state index contributed by atoms with van der Waals surface area (Å²) < 4.78 is 11.5. The lowest BCUT2D eigenvalue weighted by atomic mass is 9.95. The average molecular weight is 368 g/mol. The number of nitrogens with one attached hydrogen (secondary N) is 2. The number of benzene rings is 2. The number of fused-ring (bicyclic) bond motifs is 1. The van der Waals surface area contributed by atoms with Gasteiger partial charge in [-0.1, -0.05) is 50.2 Å². The predicted octanol–water partition coefficient (Wildman–Crippen LogP) is 4.61. The maximum atomic E-state index is 12.6. The highest BCUT2D eigenvalue weighted by molar-refractivity contribution is 5.75. The van der Waals surface area contributed by atoms with Crippen LogP contribution in [0.15, 0.2) is 48.5 Å². The second-order valence-corrected chi connectivity index (χ2v) is 7.23. The maximum absolute atomic E-state index is 12.6. The van der Waals surface area contributed by atoms with Crippen LogP contribution in [0, 0.1) is 5.92 Å². The Bertz CT molecular complexity index is 761. The van der Waals surface area contributed by atoms with Crippen LogP contribution in [0.2, 0.25) is 0 Å². The van der Waals surface area contributed by atoms with Gasteiger partial charge in [-0.3, -0.25) is 0 Å². The minimum atomic E-state index is -0.183. The fourth-order valence-corrected chi connectivity index (χ4v) is 3.21. The van der Waals surface area contributed by atoms with E-state index in [9.17, 15) is 4.79 Å². The largest absolute Gasteiger partial charge is 0.490 e.